The molecule has 0 spiro atoms. The number of fused-ring (bicyclic) bond motifs is 1. The summed E-state index contributed by atoms with van der Waals surface area (Å²) in [6.07, 6.45) is 2.32. The lowest BCUT2D eigenvalue weighted by atomic mass is 10.1. The molecule has 3 heterocycles. The Morgan fingerprint density at radius 2 is 2.32 bits per heavy atom. The van der Waals surface area contributed by atoms with E-state index in [0.29, 0.717) is 11.7 Å². The van der Waals surface area contributed by atoms with Gasteiger partial charge in [-0.25, -0.2) is 4.98 Å². The Kier molecular flexibility index (Phi) is 5.03. The molecule has 1 N–H and O–H groups in total. The maximum Gasteiger partial charge on any atom is 0.255 e. The van der Waals surface area contributed by atoms with Crippen molar-refractivity contribution >= 4 is 34.0 Å². The second-order valence-corrected chi connectivity index (χ2v) is 7.92. The number of aromatic nitrogens is 1. The number of benzene rings is 1. The Hall–Kier alpha value is -1.47. The van der Waals surface area contributed by atoms with Crippen molar-refractivity contribution in [3.63, 3.8) is 0 Å². The molecule has 7 heteroatoms. The van der Waals surface area contributed by atoms with Crippen LogP contribution in [0, 0.1) is 0 Å². The van der Waals surface area contributed by atoms with Gasteiger partial charge in [-0.1, -0.05) is 29.8 Å². The molecule has 2 aliphatic rings. The highest BCUT2D eigenvalue weighted by Gasteiger charge is 2.26. The molecule has 2 aliphatic heterocycles. The maximum absolute atomic E-state index is 12.2. The Morgan fingerprint density at radius 3 is 3.12 bits per heavy atom. The van der Waals surface area contributed by atoms with Crippen molar-refractivity contribution in [3.8, 4) is 0 Å². The van der Waals surface area contributed by atoms with Gasteiger partial charge in [0, 0.05) is 42.6 Å². The van der Waals surface area contributed by atoms with Crippen LogP contribution in [0.25, 0.3) is 0 Å². The monoisotopic (exact) mass is 377 g/mol. The second-order valence-electron chi connectivity index (χ2n) is 6.43. The van der Waals surface area contributed by atoms with Crippen LogP contribution < -0.4 is 5.32 Å². The lowest BCUT2D eigenvalue weighted by molar-refractivity contribution is -0.124. The first-order valence-corrected chi connectivity index (χ1v) is 9.75. The first-order valence-electron chi connectivity index (χ1n) is 8.56. The van der Waals surface area contributed by atoms with Gasteiger partial charge in [-0.3, -0.25) is 15.0 Å². The number of ether oxygens (including phenoxy) is 1. The van der Waals surface area contributed by atoms with Crippen molar-refractivity contribution in [2.75, 3.05) is 18.5 Å². The van der Waals surface area contributed by atoms with Crippen molar-refractivity contribution in [3.05, 3.63) is 45.4 Å². The van der Waals surface area contributed by atoms with Gasteiger partial charge in [0.15, 0.2) is 5.13 Å². The summed E-state index contributed by atoms with van der Waals surface area (Å²) in [5, 5.41) is 4.41. The van der Waals surface area contributed by atoms with Crippen molar-refractivity contribution in [2.45, 2.75) is 38.5 Å². The fourth-order valence-corrected chi connectivity index (χ4v) is 4.52. The van der Waals surface area contributed by atoms with Crippen molar-refractivity contribution < 1.29 is 9.53 Å². The molecule has 1 saturated heterocycles. The smallest absolute Gasteiger partial charge is 0.255 e. The summed E-state index contributed by atoms with van der Waals surface area (Å²) in [7, 11) is 0. The SMILES string of the molecule is O=C(Nc1nc2c(s1)CN(Cc1ccccc1Cl)CC2)C1CCCO1. The molecule has 1 aromatic heterocycles. The van der Waals surface area contributed by atoms with Gasteiger partial charge in [-0.2, -0.15) is 0 Å². The molecule has 0 radical (unpaired) electrons. The van der Waals surface area contributed by atoms with E-state index in [-0.39, 0.29) is 12.0 Å². The number of carbonyl (C=O) groups excluding carboxylic acids is 1. The van der Waals surface area contributed by atoms with E-state index >= 15 is 0 Å². The lowest BCUT2D eigenvalue weighted by Crippen LogP contribution is -2.29. The first kappa shape index (κ1) is 17.0. The molecule has 0 aliphatic carbocycles. The quantitative estimate of drug-likeness (QED) is 0.886. The zero-order valence-electron chi connectivity index (χ0n) is 13.8. The topological polar surface area (TPSA) is 54.5 Å². The van der Waals surface area contributed by atoms with Crippen LogP contribution in [-0.4, -0.2) is 35.0 Å². The third kappa shape index (κ3) is 3.87. The van der Waals surface area contributed by atoms with Crippen LogP contribution in [0.5, 0.6) is 0 Å². The van der Waals surface area contributed by atoms with Gasteiger partial charge in [0.1, 0.15) is 6.10 Å². The number of hydrogen-bond donors (Lipinski definition) is 1. The van der Waals surface area contributed by atoms with Gasteiger partial charge >= 0.3 is 0 Å². The van der Waals surface area contributed by atoms with Gasteiger partial charge < -0.3 is 4.74 Å². The Balaban J connectivity index is 1.40. The van der Waals surface area contributed by atoms with E-state index in [1.807, 2.05) is 18.2 Å². The fraction of sp³-hybridized carbons (Fsp3) is 0.444. The molecule has 4 rings (SSSR count). The third-order valence-corrected chi connectivity index (χ3v) is 5.98. The third-order valence-electron chi connectivity index (χ3n) is 4.61. The summed E-state index contributed by atoms with van der Waals surface area (Å²) < 4.78 is 5.43. The predicted octanol–water partition coefficient (Wildman–Crippen LogP) is 3.47. The van der Waals surface area contributed by atoms with E-state index in [1.165, 1.54) is 4.88 Å². The number of amides is 1. The summed E-state index contributed by atoms with van der Waals surface area (Å²) in [5.74, 6) is -0.0727. The molecule has 1 aromatic carbocycles. The molecular weight excluding hydrogens is 358 g/mol. The van der Waals surface area contributed by atoms with Crippen LogP contribution in [0.1, 0.15) is 29.0 Å². The highest BCUT2D eigenvalue weighted by Crippen LogP contribution is 2.30. The van der Waals surface area contributed by atoms with E-state index in [0.717, 1.165) is 55.2 Å². The minimum Gasteiger partial charge on any atom is -0.368 e. The zero-order chi connectivity index (χ0) is 17.2. The largest absolute Gasteiger partial charge is 0.368 e. The molecule has 25 heavy (non-hydrogen) atoms. The van der Waals surface area contributed by atoms with Crippen LogP contribution in [0.15, 0.2) is 24.3 Å². The molecule has 132 valence electrons. The number of hydrogen-bond acceptors (Lipinski definition) is 5. The summed E-state index contributed by atoms with van der Waals surface area (Å²) in [6, 6.07) is 7.96. The fourth-order valence-electron chi connectivity index (χ4n) is 3.27. The zero-order valence-corrected chi connectivity index (χ0v) is 15.4. The summed E-state index contributed by atoms with van der Waals surface area (Å²) >= 11 is 7.84. The highest BCUT2D eigenvalue weighted by molar-refractivity contribution is 7.15. The molecule has 1 atom stereocenters. The van der Waals surface area contributed by atoms with E-state index in [4.69, 9.17) is 16.3 Å². The summed E-state index contributed by atoms with van der Waals surface area (Å²) in [5.41, 5.74) is 2.24. The Morgan fingerprint density at radius 1 is 1.44 bits per heavy atom. The number of nitrogens with one attached hydrogen (secondary N) is 1. The maximum atomic E-state index is 12.2. The summed E-state index contributed by atoms with van der Waals surface area (Å²) in [6.45, 7) is 3.28. The molecule has 5 nitrogen and oxygen atoms in total. The number of carbonyl (C=O) groups is 1. The number of anilines is 1. The molecule has 0 saturated carbocycles. The second kappa shape index (κ2) is 7.41. The molecule has 1 unspecified atom stereocenters. The predicted molar refractivity (Wildman–Crippen MR) is 99.0 cm³/mol. The minimum atomic E-state index is -0.322. The van der Waals surface area contributed by atoms with E-state index in [2.05, 4.69) is 21.3 Å². The van der Waals surface area contributed by atoms with Gasteiger partial charge in [-0.05, 0) is 24.5 Å². The van der Waals surface area contributed by atoms with Crippen LogP contribution in [0.3, 0.4) is 0 Å². The van der Waals surface area contributed by atoms with Gasteiger partial charge in [0.2, 0.25) is 0 Å². The average Bonchev–Trinajstić information content (AvgIpc) is 3.25. The van der Waals surface area contributed by atoms with Crippen molar-refractivity contribution in [1.82, 2.24) is 9.88 Å². The number of halogens is 1. The normalized spacial score (nSPS) is 20.4. The summed E-state index contributed by atoms with van der Waals surface area (Å²) in [4.78, 5) is 20.4. The van der Waals surface area contributed by atoms with Gasteiger partial charge in [-0.15, -0.1) is 11.3 Å². The molecule has 2 aromatic rings. The number of thiazole rings is 1. The van der Waals surface area contributed by atoms with Crippen molar-refractivity contribution in [1.29, 1.82) is 0 Å². The first-order chi connectivity index (χ1) is 12.2. The van der Waals surface area contributed by atoms with Gasteiger partial charge in [0.25, 0.3) is 5.91 Å². The van der Waals surface area contributed by atoms with E-state index in [1.54, 1.807) is 11.3 Å². The lowest BCUT2D eigenvalue weighted by Gasteiger charge is -2.26. The molecule has 1 amide bonds. The van der Waals surface area contributed by atoms with E-state index in [9.17, 15) is 4.79 Å². The molecule has 0 bridgehead atoms. The molecule has 1 fully saturated rings. The van der Waals surface area contributed by atoms with Crippen LogP contribution in [0.2, 0.25) is 5.02 Å². The van der Waals surface area contributed by atoms with Crippen LogP contribution in [0.4, 0.5) is 5.13 Å². The number of nitrogens with zero attached hydrogens (tertiary/aromatic N) is 2. The van der Waals surface area contributed by atoms with Crippen LogP contribution >= 0.6 is 22.9 Å². The Bertz CT molecular complexity index is 773. The van der Waals surface area contributed by atoms with Crippen molar-refractivity contribution in [2.24, 2.45) is 0 Å². The average molecular weight is 378 g/mol. The minimum absolute atomic E-state index is 0.0727. The highest BCUT2D eigenvalue weighted by atomic mass is 35.5. The standard InChI is InChI=1S/C18H20ClN3O2S/c19-13-5-2-1-4-12(13)10-22-8-7-14-16(11-22)25-18(20-14)21-17(23)15-6-3-9-24-15/h1-2,4-5,15H,3,6-11H2,(H,20,21,23). The van der Waals surface area contributed by atoms with Crippen LogP contribution in [-0.2, 0) is 29.0 Å². The van der Waals surface area contributed by atoms with Gasteiger partial charge in [0.05, 0.1) is 5.69 Å². The number of rotatable bonds is 4. The Labute approximate surface area is 156 Å². The van der Waals surface area contributed by atoms with E-state index < -0.39 is 0 Å². The molecular formula is C18H20ClN3O2S.